The van der Waals surface area contributed by atoms with Gasteiger partial charge in [-0.1, -0.05) is 135 Å². The summed E-state index contributed by atoms with van der Waals surface area (Å²) in [6.07, 6.45) is 2.28. The predicted molar refractivity (Wildman–Crippen MR) is 245 cm³/mol. The van der Waals surface area contributed by atoms with Gasteiger partial charge in [-0.25, -0.2) is 9.97 Å². The third kappa shape index (κ3) is 6.02. The molecule has 0 amide bonds. The number of aromatic nitrogens is 5. The monoisotopic (exact) mass is 759 g/mol. The second-order valence-corrected chi connectivity index (χ2v) is 15.3. The maximum absolute atomic E-state index is 5.10. The van der Waals surface area contributed by atoms with E-state index in [-0.39, 0.29) is 0 Å². The summed E-state index contributed by atoms with van der Waals surface area (Å²) in [5.74, 6) is 1.88. The van der Waals surface area contributed by atoms with Crippen LogP contribution in [0.1, 0.15) is 19.8 Å². The van der Waals surface area contributed by atoms with Crippen molar-refractivity contribution < 1.29 is 0 Å². The maximum Gasteiger partial charge on any atom is 0.145 e. The Bertz CT molecular complexity index is 3060. The Morgan fingerprint density at radius 3 is 1.20 bits per heavy atom. The van der Waals surface area contributed by atoms with Crippen LogP contribution in [0.15, 0.2) is 194 Å². The van der Waals surface area contributed by atoms with Crippen LogP contribution in [0.2, 0.25) is 0 Å². The summed E-state index contributed by atoms with van der Waals surface area (Å²) in [5.41, 5.74) is 15.9. The van der Waals surface area contributed by atoms with Crippen LogP contribution in [0.5, 0.6) is 0 Å². The SMILES string of the molecule is CCCCn1c2ccc(-c3ccc(-c4nc5ccccc5n4-c4ccccc4)cc3)cc2c2cc(-c3ccc(-c4nc5ccccc5n4-c4ccccc4)cc3)ccc21. The van der Waals surface area contributed by atoms with E-state index in [0.29, 0.717) is 0 Å². The van der Waals surface area contributed by atoms with Gasteiger partial charge in [0.1, 0.15) is 11.6 Å². The number of nitrogens with zero attached hydrogens (tertiary/aromatic N) is 5. The van der Waals surface area contributed by atoms with Gasteiger partial charge in [-0.2, -0.15) is 0 Å². The molecule has 282 valence electrons. The first kappa shape index (κ1) is 34.7. The van der Waals surface area contributed by atoms with Crippen molar-refractivity contribution in [2.75, 3.05) is 0 Å². The van der Waals surface area contributed by atoms with Gasteiger partial charge in [0.25, 0.3) is 0 Å². The van der Waals surface area contributed by atoms with Crippen molar-refractivity contribution in [3.05, 3.63) is 194 Å². The second-order valence-electron chi connectivity index (χ2n) is 15.3. The average molecular weight is 760 g/mol. The third-order valence-electron chi connectivity index (χ3n) is 11.7. The van der Waals surface area contributed by atoms with Crippen LogP contribution in [-0.2, 0) is 6.54 Å². The molecule has 3 aromatic heterocycles. The molecule has 3 heterocycles. The summed E-state index contributed by atoms with van der Waals surface area (Å²) in [5, 5.41) is 2.55. The first-order chi connectivity index (χ1) is 29.2. The van der Waals surface area contributed by atoms with E-state index in [1.54, 1.807) is 0 Å². The van der Waals surface area contributed by atoms with Crippen molar-refractivity contribution in [3.8, 4) is 56.4 Å². The second kappa shape index (κ2) is 14.5. The lowest BCUT2D eigenvalue weighted by Crippen LogP contribution is -1.97. The Hall–Kier alpha value is -7.50. The standard InChI is InChI=1S/C54H41N5/c1-2-3-34-57-49-32-30-41(37-22-26-39(27-23-37)53-55-47-18-10-12-20-51(47)58(53)43-14-6-4-7-15-43)35-45(49)46-36-42(31-33-50(46)57)38-24-28-40(29-25-38)54-56-48-19-11-13-21-52(48)59(54)44-16-8-5-9-17-44/h4-33,35-36H,2-3,34H2,1H3. The Labute approximate surface area is 343 Å². The van der Waals surface area contributed by atoms with E-state index in [0.717, 1.165) is 75.6 Å². The molecule has 0 saturated heterocycles. The van der Waals surface area contributed by atoms with Crippen molar-refractivity contribution >= 4 is 43.9 Å². The summed E-state index contributed by atoms with van der Waals surface area (Å²) in [6.45, 7) is 3.25. The zero-order valence-electron chi connectivity index (χ0n) is 32.8. The first-order valence-electron chi connectivity index (χ1n) is 20.6. The number of fused-ring (bicyclic) bond motifs is 5. The Kier molecular flexibility index (Phi) is 8.51. The van der Waals surface area contributed by atoms with Gasteiger partial charge in [0.15, 0.2) is 0 Å². The number of hydrogen-bond donors (Lipinski definition) is 0. The molecule has 0 N–H and O–H groups in total. The summed E-state index contributed by atoms with van der Waals surface area (Å²) in [7, 11) is 0. The molecule has 0 aliphatic heterocycles. The minimum absolute atomic E-state index is 0.939. The van der Waals surface area contributed by atoms with Crippen LogP contribution in [0.4, 0.5) is 0 Å². The lowest BCUT2D eigenvalue weighted by molar-refractivity contribution is 0.665. The van der Waals surface area contributed by atoms with E-state index in [1.165, 1.54) is 44.1 Å². The molecule has 59 heavy (non-hydrogen) atoms. The number of rotatable bonds is 9. The van der Waals surface area contributed by atoms with Crippen LogP contribution in [0.3, 0.4) is 0 Å². The van der Waals surface area contributed by atoms with Crippen molar-refractivity contribution in [3.63, 3.8) is 0 Å². The molecule has 11 aromatic rings. The quantitative estimate of drug-likeness (QED) is 0.147. The van der Waals surface area contributed by atoms with Gasteiger partial charge in [0, 0.05) is 50.9 Å². The minimum atomic E-state index is 0.939. The summed E-state index contributed by atoms with van der Waals surface area (Å²) < 4.78 is 7.03. The van der Waals surface area contributed by atoms with Crippen LogP contribution in [0, 0.1) is 0 Å². The van der Waals surface area contributed by atoms with Crippen LogP contribution < -0.4 is 0 Å². The molecule has 8 aromatic carbocycles. The Morgan fingerprint density at radius 1 is 0.373 bits per heavy atom. The fourth-order valence-corrected chi connectivity index (χ4v) is 8.76. The number of imidazole rings is 2. The largest absolute Gasteiger partial charge is 0.340 e. The topological polar surface area (TPSA) is 40.6 Å². The number of aryl methyl sites for hydroxylation is 1. The van der Waals surface area contributed by atoms with Gasteiger partial charge in [0.2, 0.25) is 0 Å². The Balaban J connectivity index is 0.969. The van der Waals surface area contributed by atoms with Crippen molar-refractivity contribution in [1.82, 2.24) is 23.7 Å². The molecule has 0 saturated carbocycles. The van der Waals surface area contributed by atoms with E-state index < -0.39 is 0 Å². The fourth-order valence-electron chi connectivity index (χ4n) is 8.76. The smallest absolute Gasteiger partial charge is 0.145 e. The molecule has 0 atom stereocenters. The van der Waals surface area contributed by atoms with Gasteiger partial charge < -0.3 is 4.57 Å². The maximum atomic E-state index is 5.10. The van der Waals surface area contributed by atoms with Crippen LogP contribution in [-0.4, -0.2) is 23.7 Å². The van der Waals surface area contributed by atoms with Crippen LogP contribution >= 0.6 is 0 Å². The highest BCUT2D eigenvalue weighted by molar-refractivity contribution is 6.10. The fraction of sp³-hybridized carbons (Fsp3) is 0.0741. The van der Waals surface area contributed by atoms with Crippen molar-refractivity contribution in [2.24, 2.45) is 0 Å². The molecule has 0 aliphatic rings. The molecular weight excluding hydrogens is 719 g/mol. The molecule has 0 fully saturated rings. The average Bonchev–Trinajstić information content (AvgIpc) is 3.99. The molecule has 0 unspecified atom stereocenters. The zero-order valence-corrected chi connectivity index (χ0v) is 32.8. The van der Waals surface area contributed by atoms with Gasteiger partial charge in [-0.3, -0.25) is 9.13 Å². The molecular formula is C54H41N5. The van der Waals surface area contributed by atoms with E-state index in [1.807, 2.05) is 0 Å². The minimum Gasteiger partial charge on any atom is -0.340 e. The van der Waals surface area contributed by atoms with E-state index in [4.69, 9.17) is 9.97 Å². The highest BCUT2D eigenvalue weighted by atomic mass is 15.1. The summed E-state index contributed by atoms with van der Waals surface area (Å²) in [4.78, 5) is 10.2. The number of unbranched alkanes of at least 4 members (excludes halogenated alkanes) is 1. The normalized spacial score (nSPS) is 11.7. The van der Waals surface area contributed by atoms with Crippen LogP contribution in [0.25, 0.3) is 100 Å². The van der Waals surface area contributed by atoms with Gasteiger partial charge in [-0.05, 0) is 101 Å². The summed E-state index contributed by atoms with van der Waals surface area (Å²) >= 11 is 0. The Morgan fingerprint density at radius 2 is 0.763 bits per heavy atom. The number of hydrogen-bond acceptors (Lipinski definition) is 2. The summed E-state index contributed by atoms with van der Waals surface area (Å²) in [6, 6.07) is 69.5. The number of benzene rings is 8. The lowest BCUT2D eigenvalue weighted by Gasteiger charge is -2.10. The van der Waals surface area contributed by atoms with E-state index >= 15 is 0 Å². The molecule has 0 radical (unpaired) electrons. The zero-order chi connectivity index (χ0) is 39.3. The number of para-hydroxylation sites is 6. The van der Waals surface area contributed by atoms with Gasteiger partial charge >= 0.3 is 0 Å². The van der Waals surface area contributed by atoms with Gasteiger partial charge in [0.05, 0.1) is 22.1 Å². The van der Waals surface area contributed by atoms with Gasteiger partial charge in [-0.15, -0.1) is 0 Å². The van der Waals surface area contributed by atoms with Crippen molar-refractivity contribution in [1.29, 1.82) is 0 Å². The third-order valence-corrected chi connectivity index (χ3v) is 11.7. The van der Waals surface area contributed by atoms with E-state index in [9.17, 15) is 0 Å². The van der Waals surface area contributed by atoms with Crippen molar-refractivity contribution in [2.45, 2.75) is 26.3 Å². The molecule has 11 rings (SSSR count). The molecule has 0 spiro atoms. The highest BCUT2D eigenvalue weighted by Crippen LogP contribution is 2.38. The predicted octanol–water partition coefficient (Wildman–Crippen LogP) is 13.9. The molecule has 0 bridgehead atoms. The van der Waals surface area contributed by atoms with E-state index in [2.05, 4.69) is 215 Å². The first-order valence-corrected chi connectivity index (χ1v) is 20.6. The molecule has 0 aliphatic carbocycles. The molecule has 5 nitrogen and oxygen atoms in total. The lowest BCUT2D eigenvalue weighted by atomic mass is 9.99. The molecule has 5 heteroatoms. The highest BCUT2D eigenvalue weighted by Gasteiger charge is 2.18.